The maximum Gasteiger partial charge on any atom is 0.405 e. The molecule has 0 aromatic carbocycles. The Hall–Kier alpha value is -0.520. The average molecular weight is 212 g/mol. The van der Waals surface area contributed by atoms with Gasteiger partial charge < -0.3 is 20.3 Å². The Labute approximate surface area is 81.8 Å². The molecule has 0 aromatic heterocycles. The molecule has 0 aliphatic rings. The fourth-order valence-electron chi connectivity index (χ4n) is 0.655. The van der Waals surface area contributed by atoms with E-state index in [9.17, 15) is 4.79 Å². The van der Waals surface area contributed by atoms with Crippen LogP contribution in [0.25, 0.3) is 0 Å². The molecule has 0 saturated heterocycles. The number of alkyl halides is 1. The number of hydrogen-bond acceptors (Lipinski definition) is 4. The Bertz CT molecular complexity index is 155. The van der Waals surface area contributed by atoms with Crippen LogP contribution in [0.15, 0.2) is 0 Å². The zero-order valence-corrected chi connectivity index (χ0v) is 8.16. The van der Waals surface area contributed by atoms with Crippen LogP contribution in [0.4, 0.5) is 4.79 Å². The van der Waals surface area contributed by atoms with Crippen LogP contribution in [0, 0.1) is 0 Å². The summed E-state index contributed by atoms with van der Waals surface area (Å²) in [7, 11) is 0. The van der Waals surface area contributed by atoms with Gasteiger partial charge in [0, 0.05) is 13.0 Å². The van der Waals surface area contributed by atoms with Crippen molar-refractivity contribution < 1.29 is 19.4 Å². The summed E-state index contributed by atoms with van der Waals surface area (Å²) in [5, 5.41) is 9.12. The monoisotopic (exact) mass is 211 g/mol. The van der Waals surface area contributed by atoms with Gasteiger partial charge in [0.25, 0.3) is 0 Å². The highest BCUT2D eigenvalue weighted by molar-refractivity contribution is 6.20. The zero-order valence-electron chi connectivity index (χ0n) is 7.40. The van der Waals surface area contributed by atoms with Gasteiger partial charge in [-0.2, -0.15) is 0 Å². The van der Waals surface area contributed by atoms with Crippen molar-refractivity contribution in [1.29, 1.82) is 0 Å². The van der Waals surface area contributed by atoms with Crippen molar-refractivity contribution in [2.24, 2.45) is 5.73 Å². The van der Waals surface area contributed by atoms with Crippen molar-refractivity contribution >= 4 is 17.7 Å². The smallest absolute Gasteiger partial charge is 0.405 e. The Balaban J connectivity index is 3.52. The minimum absolute atomic E-state index is 0.00446. The van der Waals surface area contributed by atoms with Crippen LogP contribution < -0.4 is 5.73 Å². The number of hydrogen-bond donors (Lipinski definition) is 2. The third-order valence-electron chi connectivity index (χ3n) is 1.15. The number of nitrogens with two attached hydrogens (primary N) is 1. The predicted molar refractivity (Wildman–Crippen MR) is 47.2 cm³/mol. The van der Waals surface area contributed by atoms with Crippen molar-refractivity contribution in [3.63, 3.8) is 0 Å². The first-order valence-electron chi connectivity index (χ1n) is 3.96. The van der Waals surface area contributed by atoms with Crippen molar-refractivity contribution in [2.45, 2.75) is 31.6 Å². The highest BCUT2D eigenvalue weighted by atomic mass is 35.5. The van der Waals surface area contributed by atoms with Crippen LogP contribution in [0.5, 0.6) is 0 Å². The maximum atomic E-state index is 10.2. The molecule has 0 radical (unpaired) electrons. The van der Waals surface area contributed by atoms with Gasteiger partial charge in [-0.15, -0.1) is 0 Å². The lowest BCUT2D eigenvalue weighted by molar-refractivity contribution is -0.112. The van der Waals surface area contributed by atoms with E-state index in [1.165, 1.54) is 0 Å². The van der Waals surface area contributed by atoms with E-state index in [2.05, 4.69) is 4.74 Å². The molecular formula is C7H14ClNO4. The highest BCUT2D eigenvalue weighted by Gasteiger charge is 2.14. The number of amides is 1. The molecule has 0 aliphatic heterocycles. The van der Waals surface area contributed by atoms with Gasteiger partial charge in [0.1, 0.15) is 0 Å². The molecule has 0 bridgehead atoms. The predicted octanol–water partition coefficient (Wildman–Crippen LogP) is 0.782. The quantitative estimate of drug-likeness (QED) is 0.503. The van der Waals surface area contributed by atoms with Gasteiger partial charge in [0.15, 0.2) is 11.9 Å². The lowest BCUT2D eigenvalue weighted by Gasteiger charge is -2.14. The molecule has 0 saturated carbocycles. The molecule has 0 spiro atoms. The van der Waals surface area contributed by atoms with Crippen molar-refractivity contribution in [3.8, 4) is 0 Å². The Morgan fingerprint density at radius 1 is 1.69 bits per heavy atom. The van der Waals surface area contributed by atoms with E-state index in [0.29, 0.717) is 6.61 Å². The van der Waals surface area contributed by atoms with Crippen LogP contribution in [0.2, 0.25) is 0 Å². The van der Waals surface area contributed by atoms with Gasteiger partial charge in [-0.25, -0.2) is 4.79 Å². The van der Waals surface area contributed by atoms with Crippen molar-refractivity contribution in [3.05, 3.63) is 0 Å². The van der Waals surface area contributed by atoms with Gasteiger partial charge >= 0.3 is 6.09 Å². The van der Waals surface area contributed by atoms with E-state index in [1.54, 1.807) is 0 Å². The minimum Gasteiger partial charge on any atom is -0.430 e. The molecule has 3 N–H and O–H groups in total. The van der Waals surface area contributed by atoms with Crippen LogP contribution in [-0.4, -0.2) is 29.7 Å². The van der Waals surface area contributed by atoms with Gasteiger partial charge in [-0.05, 0) is 6.42 Å². The molecule has 78 valence electrons. The standard InChI is InChI=1S/C7H14ClNO4/c1-2-3-12-6(10)4-5(8)13-7(9)11/h5-6,10H,2-4H2,1H3,(H2,9,11). The van der Waals surface area contributed by atoms with Crippen LogP contribution >= 0.6 is 11.6 Å². The number of aliphatic hydroxyl groups is 1. The first-order valence-corrected chi connectivity index (χ1v) is 4.39. The largest absolute Gasteiger partial charge is 0.430 e. The molecule has 0 heterocycles. The summed E-state index contributed by atoms with van der Waals surface area (Å²) in [4.78, 5) is 10.2. The first kappa shape index (κ1) is 12.5. The molecule has 0 aromatic rings. The van der Waals surface area contributed by atoms with Crippen LogP contribution in [-0.2, 0) is 9.47 Å². The number of primary amides is 1. The molecule has 13 heavy (non-hydrogen) atoms. The summed E-state index contributed by atoms with van der Waals surface area (Å²) in [6.45, 7) is 2.34. The van der Waals surface area contributed by atoms with Crippen LogP contribution in [0.3, 0.4) is 0 Å². The lowest BCUT2D eigenvalue weighted by atomic mass is 10.4. The SMILES string of the molecule is CCCOC(O)CC(Cl)OC(N)=O. The van der Waals surface area contributed by atoms with E-state index in [1.807, 2.05) is 6.92 Å². The number of rotatable bonds is 6. The molecule has 2 atom stereocenters. The Morgan fingerprint density at radius 2 is 2.31 bits per heavy atom. The molecule has 2 unspecified atom stereocenters. The van der Waals surface area contributed by atoms with Gasteiger partial charge in [0.05, 0.1) is 0 Å². The van der Waals surface area contributed by atoms with E-state index >= 15 is 0 Å². The van der Waals surface area contributed by atoms with E-state index < -0.39 is 17.9 Å². The Morgan fingerprint density at radius 3 is 2.77 bits per heavy atom. The molecule has 1 amide bonds. The fraction of sp³-hybridized carbons (Fsp3) is 0.857. The second kappa shape index (κ2) is 6.94. The third-order valence-corrected chi connectivity index (χ3v) is 1.41. The molecule has 5 nitrogen and oxygen atoms in total. The minimum atomic E-state index is -1.03. The summed E-state index contributed by atoms with van der Waals surface area (Å²) in [5.74, 6) is 0. The number of aliphatic hydroxyl groups excluding tert-OH is 1. The van der Waals surface area contributed by atoms with E-state index in [0.717, 1.165) is 6.42 Å². The summed E-state index contributed by atoms with van der Waals surface area (Å²) < 4.78 is 9.25. The van der Waals surface area contributed by atoms with Gasteiger partial charge in [-0.1, -0.05) is 18.5 Å². The fourth-order valence-corrected chi connectivity index (χ4v) is 0.895. The Kier molecular flexibility index (Phi) is 6.66. The number of carbonyl (C=O) groups excluding carboxylic acids is 1. The third kappa shape index (κ3) is 7.83. The second-order valence-electron chi connectivity index (χ2n) is 2.41. The molecular weight excluding hydrogens is 198 g/mol. The second-order valence-corrected chi connectivity index (χ2v) is 2.89. The molecule has 0 aliphatic carbocycles. The van der Waals surface area contributed by atoms with Gasteiger partial charge in [-0.3, -0.25) is 0 Å². The number of halogens is 1. The van der Waals surface area contributed by atoms with Crippen molar-refractivity contribution in [1.82, 2.24) is 0 Å². The number of ether oxygens (including phenoxy) is 2. The van der Waals surface area contributed by atoms with Crippen molar-refractivity contribution in [2.75, 3.05) is 6.61 Å². The highest BCUT2D eigenvalue weighted by Crippen LogP contribution is 2.08. The summed E-state index contributed by atoms with van der Waals surface area (Å²) in [6, 6.07) is 0. The molecule has 0 fully saturated rings. The first-order chi connectivity index (χ1) is 6.06. The topological polar surface area (TPSA) is 81.8 Å². The summed E-state index contributed by atoms with van der Waals surface area (Å²) >= 11 is 5.49. The van der Waals surface area contributed by atoms with Crippen LogP contribution in [0.1, 0.15) is 19.8 Å². The lowest BCUT2D eigenvalue weighted by Crippen LogP contribution is -2.24. The molecule has 0 rings (SSSR count). The summed E-state index contributed by atoms with van der Waals surface area (Å²) in [6.07, 6.45) is -1.20. The maximum absolute atomic E-state index is 10.2. The summed E-state index contributed by atoms with van der Waals surface area (Å²) in [5.41, 5.74) is 3.75. The number of carbonyl (C=O) groups is 1. The average Bonchev–Trinajstić information content (AvgIpc) is 1.98. The van der Waals surface area contributed by atoms with Gasteiger partial charge in [0.2, 0.25) is 0 Å². The van der Waals surface area contributed by atoms with E-state index in [-0.39, 0.29) is 6.42 Å². The molecule has 6 heteroatoms. The van der Waals surface area contributed by atoms with E-state index in [4.69, 9.17) is 27.2 Å². The normalized spacial score (nSPS) is 15.0. The zero-order chi connectivity index (χ0) is 10.3.